The van der Waals surface area contributed by atoms with Gasteiger partial charge in [0.05, 0.1) is 0 Å². The topological polar surface area (TPSA) is 17.1 Å². The van der Waals surface area contributed by atoms with Gasteiger partial charge in [0.25, 0.3) is 0 Å². The van der Waals surface area contributed by atoms with Gasteiger partial charge in [0.15, 0.2) is 5.78 Å². The zero-order valence-electron chi connectivity index (χ0n) is 10.9. The lowest BCUT2D eigenvalue weighted by Gasteiger charge is -1.96. The van der Waals surface area contributed by atoms with Crippen molar-refractivity contribution in [3.05, 3.63) is 47.6 Å². The van der Waals surface area contributed by atoms with Crippen LogP contribution in [0.1, 0.15) is 46.0 Å². The summed E-state index contributed by atoms with van der Waals surface area (Å²) in [7, 11) is 0. The third-order valence-corrected chi connectivity index (χ3v) is 2.75. The number of carbonyl (C=O) groups is 1. The second-order valence-corrected chi connectivity index (χ2v) is 4.33. The van der Waals surface area contributed by atoms with Gasteiger partial charge in [-0.2, -0.15) is 0 Å². The maximum atomic E-state index is 11.6. The summed E-state index contributed by atoms with van der Waals surface area (Å²) in [4.78, 5) is 11.6. The molecule has 0 aliphatic heterocycles. The van der Waals surface area contributed by atoms with Crippen molar-refractivity contribution in [2.24, 2.45) is 0 Å². The number of ketones is 1. The van der Waals surface area contributed by atoms with Gasteiger partial charge in [0.2, 0.25) is 0 Å². The fraction of sp³-hybridized carbons (Fsp3) is 0.438. The van der Waals surface area contributed by atoms with E-state index < -0.39 is 0 Å². The summed E-state index contributed by atoms with van der Waals surface area (Å²) >= 11 is 0. The Labute approximate surface area is 105 Å². The van der Waals surface area contributed by atoms with E-state index in [2.05, 4.69) is 32.1 Å². The van der Waals surface area contributed by atoms with Crippen LogP contribution in [0.5, 0.6) is 0 Å². The number of carbonyl (C=O) groups excluding carboxylic acids is 1. The van der Waals surface area contributed by atoms with Gasteiger partial charge in [-0.1, -0.05) is 56.2 Å². The minimum absolute atomic E-state index is 0.196. The molecule has 0 amide bonds. The summed E-state index contributed by atoms with van der Waals surface area (Å²) in [6.07, 6.45) is 17.2. The predicted octanol–water partition coefficient (Wildman–Crippen LogP) is 4.52. The highest BCUT2D eigenvalue weighted by atomic mass is 16.1. The molecule has 17 heavy (non-hydrogen) atoms. The fourth-order valence-electron chi connectivity index (χ4n) is 1.89. The van der Waals surface area contributed by atoms with Crippen molar-refractivity contribution in [3.63, 3.8) is 0 Å². The maximum absolute atomic E-state index is 11.6. The van der Waals surface area contributed by atoms with Gasteiger partial charge in [0.1, 0.15) is 0 Å². The van der Waals surface area contributed by atoms with Crippen molar-refractivity contribution in [2.75, 3.05) is 0 Å². The molecule has 0 spiro atoms. The van der Waals surface area contributed by atoms with Crippen molar-refractivity contribution in [3.8, 4) is 0 Å². The Balaban J connectivity index is 2.42. The van der Waals surface area contributed by atoms with Gasteiger partial charge in [-0.05, 0) is 31.8 Å². The lowest BCUT2D eigenvalue weighted by atomic mass is 10.1. The highest BCUT2D eigenvalue weighted by Gasteiger charge is 2.16. The predicted molar refractivity (Wildman–Crippen MR) is 73.9 cm³/mol. The van der Waals surface area contributed by atoms with Gasteiger partial charge >= 0.3 is 0 Å². The summed E-state index contributed by atoms with van der Waals surface area (Å²) in [5.74, 6) is 0.196. The van der Waals surface area contributed by atoms with Crippen LogP contribution < -0.4 is 0 Å². The lowest BCUT2D eigenvalue weighted by Crippen LogP contribution is -1.89. The summed E-state index contributed by atoms with van der Waals surface area (Å²) in [5, 5.41) is 0. The van der Waals surface area contributed by atoms with E-state index in [1.165, 1.54) is 5.57 Å². The Kier molecular flexibility index (Phi) is 6.31. The third-order valence-electron chi connectivity index (χ3n) is 2.75. The van der Waals surface area contributed by atoms with Crippen LogP contribution in [-0.4, -0.2) is 5.78 Å². The molecule has 0 heterocycles. The molecule has 0 N–H and O–H groups in total. The number of rotatable bonds is 6. The minimum atomic E-state index is 0.196. The molecule has 0 bridgehead atoms. The number of hydrogen-bond donors (Lipinski definition) is 0. The van der Waals surface area contributed by atoms with Gasteiger partial charge in [-0.25, -0.2) is 0 Å². The molecule has 0 aromatic heterocycles. The van der Waals surface area contributed by atoms with E-state index in [9.17, 15) is 4.79 Å². The van der Waals surface area contributed by atoms with Gasteiger partial charge in [-0.15, -0.1) is 0 Å². The number of hydrogen-bond acceptors (Lipinski definition) is 1. The zero-order chi connectivity index (χ0) is 12.5. The van der Waals surface area contributed by atoms with Crippen molar-refractivity contribution in [1.29, 1.82) is 0 Å². The first-order valence-corrected chi connectivity index (χ1v) is 6.52. The third kappa shape index (κ3) is 4.99. The van der Waals surface area contributed by atoms with Crippen molar-refractivity contribution < 1.29 is 4.79 Å². The summed E-state index contributed by atoms with van der Waals surface area (Å²) in [6.45, 7) is 4.27. The number of allylic oxidation sites excluding steroid dienone is 8. The lowest BCUT2D eigenvalue weighted by molar-refractivity contribution is -0.111. The monoisotopic (exact) mass is 230 g/mol. The Morgan fingerprint density at radius 2 is 2.06 bits per heavy atom. The molecule has 1 rings (SSSR count). The van der Waals surface area contributed by atoms with E-state index in [4.69, 9.17) is 0 Å². The van der Waals surface area contributed by atoms with Crippen molar-refractivity contribution in [2.45, 2.75) is 46.0 Å². The first-order valence-electron chi connectivity index (χ1n) is 6.52. The first kappa shape index (κ1) is 13.7. The largest absolute Gasteiger partial charge is 0.290 e. The fourth-order valence-corrected chi connectivity index (χ4v) is 1.89. The molecular weight excluding hydrogens is 208 g/mol. The zero-order valence-corrected chi connectivity index (χ0v) is 10.9. The van der Waals surface area contributed by atoms with Crippen LogP contribution in [0.25, 0.3) is 0 Å². The van der Waals surface area contributed by atoms with Crippen LogP contribution in [0.4, 0.5) is 0 Å². The van der Waals surface area contributed by atoms with E-state index in [1.807, 2.05) is 12.2 Å². The molecule has 0 aromatic carbocycles. The molecule has 0 saturated carbocycles. The Morgan fingerprint density at radius 3 is 2.76 bits per heavy atom. The Hall–Kier alpha value is -1.37. The van der Waals surface area contributed by atoms with Gasteiger partial charge in [-0.3, -0.25) is 4.79 Å². The normalized spacial score (nSPS) is 18.8. The van der Waals surface area contributed by atoms with Crippen LogP contribution in [0.15, 0.2) is 47.6 Å². The summed E-state index contributed by atoms with van der Waals surface area (Å²) in [5.41, 5.74) is 2.21. The van der Waals surface area contributed by atoms with Crippen molar-refractivity contribution >= 4 is 5.78 Å². The van der Waals surface area contributed by atoms with Crippen LogP contribution in [0, 0.1) is 0 Å². The molecule has 1 heteroatoms. The van der Waals surface area contributed by atoms with E-state index in [-0.39, 0.29) is 5.78 Å². The molecular formula is C16H22O. The highest BCUT2D eigenvalue weighted by molar-refractivity contribution is 6.07. The molecule has 92 valence electrons. The first-order chi connectivity index (χ1) is 8.27. The second-order valence-electron chi connectivity index (χ2n) is 4.33. The Morgan fingerprint density at radius 1 is 1.24 bits per heavy atom. The quantitative estimate of drug-likeness (QED) is 0.484. The SMILES string of the molecule is CC/C=C\C/C=C/C=C1\CC(CCC)=CC1=O. The maximum Gasteiger partial charge on any atom is 0.182 e. The highest BCUT2D eigenvalue weighted by Crippen LogP contribution is 2.24. The molecule has 0 aromatic rings. The average Bonchev–Trinajstić information content (AvgIpc) is 2.65. The minimum Gasteiger partial charge on any atom is -0.290 e. The standard InChI is InChI=1S/C16H22O/c1-3-5-6-7-8-9-11-15-12-14(10-4-2)13-16(15)17/h5-6,8-9,11,13H,3-4,7,10,12H2,1-2H3/b6-5-,9-8+,15-11+. The molecule has 1 aliphatic carbocycles. The van der Waals surface area contributed by atoms with Crippen molar-refractivity contribution in [1.82, 2.24) is 0 Å². The molecule has 1 aliphatic rings. The van der Waals surface area contributed by atoms with Gasteiger partial charge < -0.3 is 0 Å². The van der Waals surface area contributed by atoms with E-state index in [0.717, 1.165) is 37.7 Å². The van der Waals surface area contributed by atoms with Crippen LogP contribution in [0.2, 0.25) is 0 Å². The second kappa shape index (κ2) is 7.83. The molecule has 0 atom stereocenters. The Bertz CT molecular complexity index is 367. The molecule has 0 unspecified atom stereocenters. The van der Waals surface area contributed by atoms with E-state index in [0.29, 0.717) is 0 Å². The van der Waals surface area contributed by atoms with E-state index in [1.54, 1.807) is 6.08 Å². The summed E-state index contributed by atoms with van der Waals surface area (Å²) < 4.78 is 0. The molecule has 0 saturated heterocycles. The smallest absolute Gasteiger partial charge is 0.182 e. The van der Waals surface area contributed by atoms with Crippen LogP contribution >= 0.6 is 0 Å². The molecule has 1 nitrogen and oxygen atoms in total. The average molecular weight is 230 g/mol. The molecule has 0 fully saturated rings. The van der Waals surface area contributed by atoms with Gasteiger partial charge in [0, 0.05) is 5.57 Å². The summed E-state index contributed by atoms with van der Waals surface area (Å²) in [6, 6.07) is 0. The van der Waals surface area contributed by atoms with E-state index >= 15 is 0 Å². The van der Waals surface area contributed by atoms with Crippen LogP contribution in [0.3, 0.4) is 0 Å². The molecule has 0 radical (unpaired) electrons. The van der Waals surface area contributed by atoms with Crippen LogP contribution in [-0.2, 0) is 4.79 Å².